The number of nitrogens with zero attached hydrogens (tertiary/aromatic N) is 2. The van der Waals surface area contributed by atoms with Gasteiger partial charge in [0.1, 0.15) is 0 Å². The van der Waals surface area contributed by atoms with Crippen molar-refractivity contribution in [1.29, 1.82) is 0 Å². The predicted octanol–water partition coefficient (Wildman–Crippen LogP) is 1.82. The average Bonchev–Trinajstić information content (AvgIpc) is 3.00. The molecule has 100 valence electrons. The van der Waals surface area contributed by atoms with Crippen LogP contribution in [0.25, 0.3) is 0 Å². The number of nitrogens with two attached hydrogens (primary N) is 1. The normalized spacial score (nSPS) is 34.4. The summed E-state index contributed by atoms with van der Waals surface area (Å²) in [6, 6.07) is 0. The van der Waals surface area contributed by atoms with Crippen LogP contribution in [0.2, 0.25) is 5.02 Å². The lowest BCUT2D eigenvalue weighted by Gasteiger charge is -2.34. The zero-order valence-corrected chi connectivity index (χ0v) is 11.7. The smallest absolute Gasteiger partial charge is 0.0847 e. The van der Waals surface area contributed by atoms with E-state index in [1.54, 1.807) is 0 Å². The first kappa shape index (κ1) is 12.5. The van der Waals surface area contributed by atoms with Crippen LogP contribution in [0.1, 0.15) is 30.7 Å². The monoisotopic (exact) mass is 269 g/mol. The lowest BCUT2D eigenvalue weighted by molar-refractivity contribution is 0.0629. The molecular weight excluding hydrogens is 250 g/mol. The summed E-state index contributed by atoms with van der Waals surface area (Å²) in [6.45, 7) is 2.60. The predicted molar refractivity (Wildman–Crippen MR) is 70.7 cm³/mol. The highest BCUT2D eigenvalue weighted by Gasteiger charge is 2.51. The molecule has 0 aliphatic carbocycles. The molecule has 18 heavy (non-hydrogen) atoms. The van der Waals surface area contributed by atoms with E-state index in [1.165, 1.54) is 6.42 Å². The van der Waals surface area contributed by atoms with Gasteiger partial charge in [0.25, 0.3) is 0 Å². The molecule has 2 N–H and O–H groups in total. The number of aryl methyl sites for hydroxylation is 2. The Morgan fingerprint density at radius 3 is 2.78 bits per heavy atom. The fourth-order valence-corrected chi connectivity index (χ4v) is 3.80. The number of ether oxygens (including phenoxy) is 1. The molecule has 2 saturated heterocycles. The zero-order chi connectivity index (χ0) is 12.9. The molecule has 2 bridgehead atoms. The van der Waals surface area contributed by atoms with Crippen LogP contribution in [0, 0.1) is 12.3 Å². The lowest BCUT2D eigenvalue weighted by Crippen LogP contribution is -2.42. The Balaban J connectivity index is 1.91. The summed E-state index contributed by atoms with van der Waals surface area (Å²) in [7, 11) is 1.95. The molecule has 0 amide bonds. The summed E-state index contributed by atoms with van der Waals surface area (Å²) in [6.07, 6.45) is 4.97. The van der Waals surface area contributed by atoms with Crippen molar-refractivity contribution >= 4 is 11.6 Å². The van der Waals surface area contributed by atoms with Gasteiger partial charge in [-0.1, -0.05) is 11.6 Å². The molecule has 3 unspecified atom stereocenters. The van der Waals surface area contributed by atoms with E-state index in [0.29, 0.717) is 18.8 Å². The first-order valence-electron chi connectivity index (χ1n) is 6.59. The van der Waals surface area contributed by atoms with Crippen molar-refractivity contribution in [2.45, 2.75) is 44.8 Å². The second-order valence-corrected chi connectivity index (χ2v) is 6.12. The van der Waals surface area contributed by atoms with Crippen molar-refractivity contribution in [1.82, 2.24) is 9.78 Å². The fraction of sp³-hybridized carbons (Fsp3) is 0.769. The molecule has 0 saturated carbocycles. The molecule has 3 atom stereocenters. The quantitative estimate of drug-likeness (QED) is 0.911. The highest BCUT2D eigenvalue weighted by molar-refractivity contribution is 6.31. The molecule has 0 spiro atoms. The van der Waals surface area contributed by atoms with Gasteiger partial charge in [-0.15, -0.1) is 0 Å². The van der Waals surface area contributed by atoms with Crippen LogP contribution >= 0.6 is 11.6 Å². The third kappa shape index (κ3) is 1.70. The van der Waals surface area contributed by atoms with Gasteiger partial charge in [0.05, 0.1) is 28.6 Å². The van der Waals surface area contributed by atoms with Crippen molar-refractivity contribution in [2.75, 3.05) is 6.54 Å². The molecule has 2 fully saturated rings. The zero-order valence-electron chi connectivity index (χ0n) is 10.9. The molecular formula is C13H20ClN3O. The van der Waals surface area contributed by atoms with Crippen molar-refractivity contribution in [3.8, 4) is 0 Å². The number of rotatable bonds is 3. The van der Waals surface area contributed by atoms with Crippen LogP contribution in [0.4, 0.5) is 0 Å². The highest BCUT2D eigenvalue weighted by Crippen LogP contribution is 2.49. The van der Waals surface area contributed by atoms with Gasteiger partial charge in [0.2, 0.25) is 0 Å². The van der Waals surface area contributed by atoms with Crippen LogP contribution < -0.4 is 5.73 Å². The van der Waals surface area contributed by atoms with Gasteiger partial charge in [0, 0.05) is 25.4 Å². The molecule has 3 rings (SSSR count). The van der Waals surface area contributed by atoms with Gasteiger partial charge in [-0.3, -0.25) is 4.68 Å². The molecule has 1 aromatic heterocycles. The molecule has 1 aromatic rings. The molecule has 4 nitrogen and oxygen atoms in total. The fourth-order valence-electron chi connectivity index (χ4n) is 3.57. The summed E-state index contributed by atoms with van der Waals surface area (Å²) < 4.78 is 7.88. The van der Waals surface area contributed by atoms with E-state index >= 15 is 0 Å². The van der Waals surface area contributed by atoms with Crippen LogP contribution in [0.5, 0.6) is 0 Å². The largest absolute Gasteiger partial charge is 0.374 e. The minimum atomic E-state index is 0.0623. The van der Waals surface area contributed by atoms with Crippen LogP contribution in [0.15, 0.2) is 0 Å². The summed E-state index contributed by atoms with van der Waals surface area (Å²) in [5, 5.41) is 5.17. The minimum absolute atomic E-state index is 0.0623. The van der Waals surface area contributed by atoms with E-state index in [4.69, 9.17) is 22.1 Å². The SMILES string of the molecule is Cc1nn(C)c(CC2(CN)CC3CCC2O3)c1Cl. The van der Waals surface area contributed by atoms with Crippen LogP contribution in [0.3, 0.4) is 0 Å². The van der Waals surface area contributed by atoms with Gasteiger partial charge in [0.15, 0.2) is 0 Å². The second kappa shape index (κ2) is 4.22. The van der Waals surface area contributed by atoms with Gasteiger partial charge >= 0.3 is 0 Å². The summed E-state index contributed by atoms with van der Waals surface area (Å²) >= 11 is 6.35. The third-order valence-electron chi connectivity index (χ3n) is 4.61. The van der Waals surface area contributed by atoms with E-state index < -0.39 is 0 Å². The minimum Gasteiger partial charge on any atom is -0.374 e. The van der Waals surface area contributed by atoms with Crippen molar-refractivity contribution in [3.05, 3.63) is 16.4 Å². The van der Waals surface area contributed by atoms with Gasteiger partial charge in [-0.05, 0) is 26.2 Å². The first-order valence-corrected chi connectivity index (χ1v) is 6.97. The second-order valence-electron chi connectivity index (χ2n) is 5.74. The lowest BCUT2D eigenvalue weighted by atomic mass is 9.71. The maximum absolute atomic E-state index is 6.35. The Hall–Kier alpha value is -0.580. The van der Waals surface area contributed by atoms with Crippen molar-refractivity contribution < 1.29 is 4.74 Å². The van der Waals surface area contributed by atoms with Crippen LogP contribution in [-0.2, 0) is 18.2 Å². The number of aromatic nitrogens is 2. The Morgan fingerprint density at radius 1 is 1.56 bits per heavy atom. The summed E-state index contributed by atoms with van der Waals surface area (Å²) in [5.41, 5.74) is 8.11. The molecule has 3 heterocycles. The van der Waals surface area contributed by atoms with E-state index in [1.807, 2.05) is 18.7 Å². The number of hydrogen-bond donors (Lipinski definition) is 1. The maximum Gasteiger partial charge on any atom is 0.0847 e. The maximum atomic E-state index is 6.35. The van der Waals surface area contributed by atoms with Crippen molar-refractivity contribution in [3.63, 3.8) is 0 Å². The summed E-state index contributed by atoms with van der Waals surface area (Å²) in [5.74, 6) is 0. The standard InChI is InChI=1S/C13H20ClN3O/c1-8-12(14)10(17(2)16-8)6-13(7-15)5-9-3-4-11(13)18-9/h9,11H,3-7,15H2,1-2H3. The molecule has 5 heteroatoms. The van der Waals surface area contributed by atoms with E-state index in [9.17, 15) is 0 Å². The first-order chi connectivity index (χ1) is 8.55. The molecule has 0 radical (unpaired) electrons. The Kier molecular flexibility index (Phi) is 2.92. The Labute approximate surface area is 112 Å². The van der Waals surface area contributed by atoms with E-state index in [-0.39, 0.29) is 5.41 Å². The Bertz CT molecular complexity index is 473. The molecule has 0 aromatic carbocycles. The number of hydrogen-bond acceptors (Lipinski definition) is 3. The molecule has 2 aliphatic heterocycles. The van der Waals surface area contributed by atoms with E-state index in [0.717, 1.165) is 35.7 Å². The summed E-state index contributed by atoms with van der Waals surface area (Å²) in [4.78, 5) is 0. The average molecular weight is 270 g/mol. The van der Waals surface area contributed by atoms with Gasteiger partial charge < -0.3 is 10.5 Å². The topological polar surface area (TPSA) is 53.1 Å². The Morgan fingerprint density at radius 2 is 2.33 bits per heavy atom. The molecule has 2 aliphatic rings. The van der Waals surface area contributed by atoms with Crippen LogP contribution in [-0.4, -0.2) is 28.5 Å². The van der Waals surface area contributed by atoms with E-state index in [2.05, 4.69) is 5.10 Å². The third-order valence-corrected chi connectivity index (χ3v) is 5.10. The van der Waals surface area contributed by atoms with Gasteiger partial charge in [-0.25, -0.2) is 0 Å². The number of fused-ring (bicyclic) bond motifs is 2. The highest BCUT2D eigenvalue weighted by atomic mass is 35.5. The van der Waals surface area contributed by atoms with Crippen molar-refractivity contribution in [2.24, 2.45) is 18.2 Å². The number of halogens is 1. The van der Waals surface area contributed by atoms with Gasteiger partial charge in [-0.2, -0.15) is 5.10 Å².